The Balaban J connectivity index is 1.76. The average molecular weight is 320 g/mol. The van der Waals surface area contributed by atoms with Crippen LogP contribution in [0, 0.1) is 12.7 Å². The van der Waals surface area contributed by atoms with Gasteiger partial charge in [-0.25, -0.2) is 9.37 Å². The maximum absolute atomic E-state index is 13.0. The molecule has 0 aliphatic heterocycles. The van der Waals surface area contributed by atoms with Gasteiger partial charge in [0.1, 0.15) is 11.6 Å². The van der Waals surface area contributed by atoms with Crippen molar-refractivity contribution in [3.63, 3.8) is 0 Å². The van der Waals surface area contributed by atoms with Crippen LogP contribution < -0.4 is 5.73 Å². The third-order valence-corrected chi connectivity index (χ3v) is 4.92. The van der Waals surface area contributed by atoms with E-state index in [1.165, 1.54) is 23.9 Å². The van der Waals surface area contributed by atoms with E-state index in [9.17, 15) is 4.39 Å². The van der Waals surface area contributed by atoms with Crippen LogP contribution in [0.3, 0.4) is 0 Å². The van der Waals surface area contributed by atoms with Crippen LogP contribution in [-0.2, 0) is 5.75 Å². The zero-order valence-electron chi connectivity index (χ0n) is 11.3. The van der Waals surface area contributed by atoms with Gasteiger partial charge in [-0.15, -0.1) is 23.1 Å². The van der Waals surface area contributed by atoms with E-state index in [1.807, 2.05) is 24.4 Å². The van der Waals surface area contributed by atoms with Gasteiger partial charge < -0.3 is 10.2 Å². The molecule has 6 heteroatoms. The molecule has 108 valence electrons. The molecule has 2 aromatic heterocycles. The van der Waals surface area contributed by atoms with E-state index in [0.717, 1.165) is 21.2 Å². The number of benzene rings is 1. The lowest BCUT2D eigenvalue weighted by Gasteiger charge is -2.04. The molecule has 3 nitrogen and oxygen atoms in total. The van der Waals surface area contributed by atoms with Crippen molar-refractivity contribution in [1.82, 2.24) is 4.98 Å². The maximum Gasteiger partial charge on any atom is 0.236 e. The zero-order valence-corrected chi connectivity index (χ0v) is 12.9. The van der Waals surface area contributed by atoms with Crippen molar-refractivity contribution in [3.05, 3.63) is 53.0 Å². The van der Waals surface area contributed by atoms with Crippen LogP contribution in [0.5, 0.6) is 0 Å². The molecule has 0 aliphatic carbocycles. The summed E-state index contributed by atoms with van der Waals surface area (Å²) < 4.78 is 18.7. The number of hydrogen-bond acceptors (Lipinski definition) is 5. The van der Waals surface area contributed by atoms with Crippen molar-refractivity contribution >= 4 is 28.8 Å². The van der Waals surface area contributed by atoms with Crippen molar-refractivity contribution in [2.75, 3.05) is 5.73 Å². The van der Waals surface area contributed by atoms with E-state index in [0.29, 0.717) is 17.3 Å². The van der Waals surface area contributed by atoms with Gasteiger partial charge in [-0.3, -0.25) is 0 Å². The number of hydrogen-bond donors (Lipinski definition) is 1. The number of thiophene rings is 1. The highest BCUT2D eigenvalue weighted by atomic mass is 32.2. The summed E-state index contributed by atoms with van der Waals surface area (Å²) in [4.78, 5) is 6.38. The highest BCUT2D eigenvalue weighted by molar-refractivity contribution is 7.98. The number of aryl methyl sites for hydroxylation is 1. The maximum atomic E-state index is 13.0. The Bertz CT molecular complexity index is 753. The number of nitrogens with zero attached hydrogens (tertiary/aromatic N) is 1. The number of oxazole rings is 1. The molecule has 0 bridgehead atoms. The first-order chi connectivity index (χ1) is 10.1. The minimum atomic E-state index is -0.325. The number of nitrogen functional groups attached to an aromatic ring is 1. The number of aromatic nitrogens is 1. The fraction of sp³-hybridized carbons (Fsp3) is 0.133. The van der Waals surface area contributed by atoms with Crippen molar-refractivity contribution in [1.29, 1.82) is 0 Å². The fourth-order valence-corrected chi connectivity index (χ4v) is 3.46. The molecule has 2 N–H and O–H groups in total. The SMILES string of the molecule is Cc1oc(-c2cccs2)nc1CSc1ccc(F)cc1N. The molecule has 2 heterocycles. The summed E-state index contributed by atoms with van der Waals surface area (Å²) in [6.45, 7) is 1.90. The van der Waals surface area contributed by atoms with Gasteiger partial charge in [-0.1, -0.05) is 6.07 Å². The molecular formula is C15H13FN2OS2. The molecule has 1 aromatic carbocycles. The molecule has 3 aromatic rings. The second-order valence-corrected chi connectivity index (χ2v) is 6.43. The lowest BCUT2D eigenvalue weighted by atomic mass is 10.3. The topological polar surface area (TPSA) is 52.0 Å². The summed E-state index contributed by atoms with van der Waals surface area (Å²) in [7, 11) is 0. The van der Waals surface area contributed by atoms with Crippen LogP contribution in [0.15, 0.2) is 45.0 Å². The molecular weight excluding hydrogens is 307 g/mol. The summed E-state index contributed by atoms with van der Waals surface area (Å²) in [5, 5.41) is 1.99. The first-order valence-electron chi connectivity index (χ1n) is 6.31. The van der Waals surface area contributed by atoms with E-state index < -0.39 is 0 Å². The molecule has 0 unspecified atom stereocenters. The van der Waals surface area contributed by atoms with Gasteiger partial charge in [0.2, 0.25) is 5.89 Å². The minimum absolute atomic E-state index is 0.325. The van der Waals surface area contributed by atoms with Crippen LogP contribution in [0.4, 0.5) is 10.1 Å². The first kappa shape index (κ1) is 14.2. The monoisotopic (exact) mass is 320 g/mol. The van der Waals surface area contributed by atoms with Crippen LogP contribution >= 0.6 is 23.1 Å². The summed E-state index contributed by atoms with van der Waals surface area (Å²) in [5.74, 6) is 1.75. The molecule has 0 radical (unpaired) electrons. The second kappa shape index (κ2) is 5.91. The third kappa shape index (κ3) is 3.11. The molecule has 0 saturated carbocycles. The summed E-state index contributed by atoms with van der Waals surface area (Å²) >= 11 is 3.11. The Labute approximate surface area is 130 Å². The minimum Gasteiger partial charge on any atom is -0.440 e. The average Bonchev–Trinajstić information content (AvgIpc) is 3.07. The quantitative estimate of drug-likeness (QED) is 0.558. The normalized spacial score (nSPS) is 11.0. The van der Waals surface area contributed by atoms with Gasteiger partial charge in [0, 0.05) is 16.3 Å². The van der Waals surface area contributed by atoms with Crippen LogP contribution in [0.2, 0.25) is 0 Å². The predicted molar refractivity (Wildman–Crippen MR) is 84.9 cm³/mol. The van der Waals surface area contributed by atoms with Crippen molar-refractivity contribution in [3.8, 4) is 10.8 Å². The largest absolute Gasteiger partial charge is 0.440 e. The van der Waals surface area contributed by atoms with Gasteiger partial charge in [-0.2, -0.15) is 0 Å². The van der Waals surface area contributed by atoms with Crippen LogP contribution in [0.25, 0.3) is 10.8 Å². The van der Waals surface area contributed by atoms with Crippen molar-refractivity contribution in [2.45, 2.75) is 17.6 Å². The molecule has 0 spiro atoms. The summed E-state index contributed by atoms with van der Waals surface area (Å²) in [6, 6.07) is 8.36. The summed E-state index contributed by atoms with van der Waals surface area (Å²) in [5.41, 5.74) is 7.13. The smallest absolute Gasteiger partial charge is 0.236 e. The molecule has 21 heavy (non-hydrogen) atoms. The highest BCUT2D eigenvalue weighted by Gasteiger charge is 2.13. The Morgan fingerprint density at radius 3 is 2.95 bits per heavy atom. The third-order valence-electron chi connectivity index (χ3n) is 2.96. The van der Waals surface area contributed by atoms with Gasteiger partial charge in [0.05, 0.1) is 10.6 Å². The van der Waals surface area contributed by atoms with E-state index in [1.54, 1.807) is 17.4 Å². The van der Waals surface area contributed by atoms with Crippen molar-refractivity contribution in [2.24, 2.45) is 0 Å². The fourth-order valence-electron chi connectivity index (χ4n) is 1.86. The van der Waals surface area contributed by atoms with Gasteiger partial charge in [0.25, 0.3) is 0 Å². The number of rotatable bonds is 4. The van der Waals surface area contributed by atoms with Gasteiger partial charge in [-0.05, 0) is 36.6 Å². The molecule has 0 amide bonds. The van der Waals surface area contributed by atoms with Crippen LogP contribution in [-0.4, -0.2) is 4.98 Å². The lowest BCUT2D eigenvalue weighted by Crippen LogP contribution is -1.91. The number of anilines is 1. The Hall–Kier alpha value is -1.79. The van der Waals surface area contributed by atoms with Crippen molar-refractivity contribution < 1.29 is 8.81 Å². The second-order valence-electron chi connectivity index (χ2n) is 4.47. The standard InChI is InChI=1S/C15H13FN2OS2/c1-9-12(18-15(19-9)14-3-2-6-20-14)8-21-13-5-4-10(16)7-11(13)17/h2-7H,8,17H2,1H3. The summed E-state index contributed by atoms with van der Waals surface area (Å²) in [6.07, 6.45) is 0. The zero-order chi connectivity index (χ0) is 14.8. The van der Waals surface area contributed by atoms with E-state index in [-0.39, 0.29) is 5.82 Å². The Morgan fingerprint density at radius 2 is 2.24 bits per heavy atom. The van der Waals surface area contributed by atoms with Gasteiger partial charge >= 0.3 is 0 Å². The molecule has 0 saturated heterocycles. The number of nitrogens with two attached hydrogens (primary N) is 1. The van der Waals surface area contributed by atoms with E-state index in [2.05, 4.69) is 4.98 Å². The Morgan fingerprint density at radius 1 is 1.38 bits per heavy atom. The highest BCUT2D eigenvalue weighted by Crippen LogP contribution is 2.31. The Kier molecular flexibility index (Phi) is 3.98. The van der Waals surface area contributed by atoms with E-state index >= 15 is 0 Å². The van der Waals surface area contributed by atoms with Gasteiger partial charge in [0.15, 0.2) is 0 Å². The molecule has 0 atom stereocenters. The van der Waals surface area contributed by atoms with E-state index in [4.69, 9.17) is 10.2 Å². The predicted octanol–water partition coefficient (Wildman–Crippen LogP) is 4.73. The lowest BCUT2D eigenvalue weighted by molar-refractivity contribution is 0.542. The van der Waals surface area contributed by atoms with Crippen LogP contribution in [0.1, 0.15) is 11.5 Å². The number of thioether (sulfide) groups is 1. The molecule has 3 rings (SSSR count). The first-order valence-corrected chi connectivity index (χ1v) is 8.18. The number of halogens is 1. The molecule has 0 fully saturated rings. The molecule has 0 aliphatic rings.